The molecule has 0 saturated carbocycles. The van der Waals surface area contributed by atoms with Gasteiger partial charge in [0, 0.05) is 44.0 Å². The van der Waals surface area contributed by atoms with Crippen molar-refractivity contribution in [2.45, 2.75) is 19.4 Å². The normalized spacial score (nSPS) is 14.2. The van der Waals surface area contributed by atoms with Gasteiger partial charge in [-0.25, -0.2) is 9.99 Å². The number of rotatable bonds is 6. The fourth-order valence-corrected chi connectivity index (χ4v) is 2.39. The second kappa shape index (κ2) is 7.61. The van der Waals surface area contributed by atoms with Crippen molar-refractivity contribution in [3.8, 4) is 5.75 Å². The highest BCUT2D eigenvalue weighted by molar-refractivity contribution is 6.43. The number of ether oxygens (including phenoxy) is 1. The number of imidazole rings is 1. The molecule has 0 fully saturated rings. The van der Waals surface area contributed by atoms with Gasteiger partial charge in [0.2, 0.25) is 5.91 Å². The molecule has 0 bridgehead atoms. The molecule has 1 aromatic carbocycles. The lowest BCUT2D eigenvalue weighted by Crippen LogP contribution is -2.34. The zero-order valence-electron chi connectivity index (χ0n) is 13.9. The fourth-order valence-electron chi connectivity index (χ4n) is 2.39. The number of carbonyl (C=O) groups excluding carboxylic acids is 2. The first-order valence-corrected chi connectivity index (χ1v) is 7.96. The van der Waals surface area contributed by atoms with Crippen LogP contribution in [0.25, 0.3) is 0 Å². The van der Waals surface area contributed by atoms with E-state index >= 15 is 0 Å². The second-order valence-electron chi connectivity index (χ2n) is 5.59. The molecule has 0 saturated heterocycles. The van der Waals surface area contributed by atoms with E-state index < -0.39 is 0 Å². The Morgan fingerprint density at radius 3 is 3.00 bits per heavy atom. The van der Waals surface area contributed by atoms with Gasteiger partial charge in [-0.15, -0.1) is 0 Å². The lowest BCUT2D eigenvalue weighted by molar-refractivity contribution is -0.130. The highest BCUT2D eigenvalue weighted by Crippen LogP contribution is 2.18. The lowest BCUT2D eigenvalue weighted by Gasteiger charge is -2.19. The number of hydrogen-bond donors (Lipinski definition) is 1. The van der Waals surface area contributed by atoms with Crippen molar-refractivity contribution in [2.75, 3.05) is 19.0 Å². The Morgan fingerprint density at radius 2 is 2.24 bits per heavy atom. The molecule has 0 atom stereocenters. The molecule has 2 aromatic rings. The van der Waals surface area contributed by atoms with Gasteiger partial charge in [0.15, 0.2) is 0 Å². The molecule has 1 aliphatic heterocycles. The van der Waals surface area contributed by atoms with Crippen LogP contribution in [0, 0.1) is 0 Å². The van der Waals surface area contributed by atoms with Gasteiger partial charge in [0.25, 0.3) is 5.91 Å². The van der Waals surface area contributed by atoms with E-state index in [1.165, 1.54) is 5.01 Å². The summed E-state index contributed by atoms with van der Waals surface area (Å²) in [6.07, 6.45) is 5.95. The van der Waals surface area contributed by atoms with Gasteiger partial charge < -0.3 is 14.6 Å². The molecule has 0 aliphatic carbocycles. The maximum Gasteiger partial charge on any atom is 0.271 e. The van der Waals surface area contributed by atoms with E-state index in [0.29, 0.717) is 43.1 Å². The molecule has 25 heavy (non-hydrogen) atoms. The number of aromatic nitrogens is 2. The van der Waals surface area contributed by atoms with Crippen LogP contribution in [0.4, 0.5) is 5.69 Å². The summed E-state index contributed by atoms with van der Waals surface area (Å²) in [6, 6.07) is 7.16. The predicted octanol–water partition coefficient (Wildman–Crippen LogP) is 1.51. The Kier molecular flexibility index (Phi) is 5.08. The molecule has 1 N–H and O–H groups in total. The summed E-state index contributed by atoms with van der Waals surface area (Å²) in [5.41, 5.74) is 0.959. The SMILES string of the molecule is CN1N=C(C(=O)Nc2cccc(OCCn3ccnc3)c2)CCC1=O. The number of hydrogen-bond acceptors (Lipinski definition) is 5. The standard InChI is InChI=1S/C17H19N5O3/c1-21-16(23)6-5-15(20-21)17(24)19-13-3-2-4-14(11-13)25-10-9-22-8-7-18-12-22/h2-4,7-8,11-12H,5-6,9-10H2,1H3,(H,19,24). The summed E-state index contributed by atoms with van der Waals surface area (Å²) in [6.45, 7) is 1.18. The Balaban J connectivity index is 1.57. The van der Waals surface area contributed by atoms with Crippen molar-refractivity contribution in [3.63, 3.8) is 0 Å². The van der Waals surface area contributed by atoms with Crippen molar-refractivity contribution >= 4 is 23.2 Å². The number of nitrogens with one attached hydrogen (secondary N) is 1. The second-order valence-corrected chi connectivity index (χ2v) is 5.59. The Labute approximate surface area is 145 Å². The van der Waals surface area contributed by atoms with E-state index in [4.69, 9.17) is 4.74 Å². The molecule has 1 aromatic heterocycles. The average molecular weight is 341 g/mol. The van der Waals surface area contributed by atoms with Crippen molar-refractivity contribution < 1.29 is 14.3 Å². The maximum absolute atomic E-state index is 12.3. The van der Waals surface area contributed by atoms with Crippen molar-refractivity contribution in [1.82, 2.24) is 14.6 Å². The van der Waals surface area contributed by atoms with Crippen LogP contribution in [-0.2, 0) is 16.1 Å². The van der Waals surface area contributed by atoms with E-state index in [-0.39, 0.29) is 11.8 Å². The molecule has 2 amide bonds. The van der Waals surface area contributed by atoms with Crippen molar-refractivity contribution in [1.29, 1.82) is 0 Å². The molecule has 3 rings (SSSR count). The third-order valence-corrected chi connectivity index (χ3v) is 3.74. The van der Waals surface area contributed by atoms with Gasteiger partial charge in [-0.3, -0.25) is 9.59 Å². The molecule has 0 unspecified atom stereocenters. The first kappa shape index (κ1) is 16.7. The van der Waals surface area contributed by atoms with Crippen molar-refractivity contribution in [2.24, 2.45) is 5.10 Å². The van der Waals surface area contributed by atoms with E-state index in [2.05, 4.69) is 15.4 Å². The van der Waals surface area contributed by atoms with Crippen LogP contribution in [0.3, 0.4) is 0 Å². The van der Waals surface area contributed by atoms with Crippen LogP contribution < -0.4 is 10.1 Å². The smallest absolute Gasteiger partial charge is 0.271 e. The van der Waals surface area contributed by atoms with E-state index in [9.17, 15) is 9.59 Å². The summed E-state index contributed by atoms with van der Waals surface area (Å²) >= 11 is 0. The Bertz CT molecular complexity index is 785. The molecule has 130 valence electrons. The molecular weight excluding hydrogens is 322 g/mol. The van der Waals surface area contributed by atoms with Crippen LogP contribution >= 0.6 is 0 Å². The fraction of sp³-hybridized carbons (Fsp3) is 0.294. The van der Waals surface area contributed by atoms with Gasteiger partial charge in [-0.05, 0) is 12.1 Å². The number of nitrogens with zero attached hydrogens (tertiary/aromatic N) is 4. The minimum atomic E-state index is -0.310. The van der Waals surface area contributed by atoms with Crippen LogP contribution in [0.1, 0.15) is 12.8 Å². The molecule has 8 nitrogen and oxygen atoms in total. The maximum atomic E-state index is 12.3. The molecule has 1 aliphatic rings. The average Bonchev–Trinajstić information content (AvgIpc) is 3.11. The summed E-state index contributed by atoms with van der Waals surface area (Å²) < 4.78 is 7.62. The van der Waals surface area contributed by atoms with Crippen molar-refractivity contribution in [3.05, 3.63) is 43.0 Å². The van der Waals surface area contributed by atoms with Gasteiger partial charge in [0.1, 0.15) is 18.1 Å². The summed E-state index contributed by atoms with van der Waals surface area (Å²) in [4.78, 5) is 27.7. The predicted molar refractivity (Wildman–Crippen MR) is 92.2 cm³/mol. The molecule has 0 spiro atoms. The summed E-state index contributed by atoms with van der Waals surface area (Å²) in [7, 11) is 1.55. The zero-order valence-corrected chi connectivity index (χ0v) is 13.9. The first-order valence-electron chi connectivity index (χ1n) is 7.96. The highest BCUT2D eigenvalue weighted by atomic mass is 16.5. The van der Waals surface area contributed by atoms with Crippen LogP contribution in [0.15, 0.2) is 48.1 Å². The monoisotopic (exact) mass is 341 g/mol. The largest absolute Gasteiger partial charge is 0.492 e. The number of anilines is 1. The van der Waals surface area contributed by atoms with Crippen LogP contribution in [-0.4, -0.2) is 45.7 Å². The lowest BCUT2D eigenvalue weighted by atomic mass is 10.1. The van der Waals surface area contributed by atoms with Gasteiger partial charge in [-0.1, -0.05) is 6.07 Å². The Hall–Kier alpha value is -3.16. The quantitative estimate of drug-likeness (QED) is 0.862. The molecule has 8 heteroatoms. The third-order valence-electron chi connectivity index (χ3n) is 3.74. The highest BCUT2D eigenvalue weighted by Gasteiger charge is 2.22. The van der Waals surface area contributed by atoms with Gasteiger partial charge >= 0.3 is 0 Å². The summed E-state index contributed by atoms with van der Waals surface area (Å²) in [5.74, 6) is 0.260. The molecule has 0 radical (unpaired) electrons. The van der Waals surface area contributed by atoms with Crippen LogP contribution in [0.5, 0.6) is 5.75 Å². The first-order chi connectivity index (χ1) is 12.1. The summed E-state index contributed by atoms with van der Waals surface area (Å²) in [5, 5.41) is 8.00. The number of benzene rings is 1. The van der Waals surface area contributed by atoms with Gasteiger partial charge in [-0.2, -0.15) is 5.10 Å². The van der Waals surface area contributed by atoms with E-state index in [0.717, 1.165) is 0 Å². The van der Waals surface area contributed by atoms with E-state index in [1.54, 1.807) is 37.8 Å². The number of carbonyl (C=O) groups is 2. The topological polar surface area (TPSA) is 88.8 Å². The molecule has 2 heterocycles. The minimum Gasteiger partial charge on any atom is -0.492 e. The van der Waals surface area contributed by atoms with Crippen LogP contribution in [0.2, 0.25) is 0 Å². The van der Waals surface area contributed by atoms with Gasteiger partial charge in [0.05, 0.1) is 12.9 Å². The zero-order chi connectivity index (χ0) is 17.6. The third kappa shape index (κ3) is 4.43. The van der Waals surface area contributed by atoms with E-state index in [1.807, 2.05) is 16.8 Å². The minimum absolute atomic E-state index is 0.0927. The number of amides is 2. The molecular formula is C17H19N5O3. The number of hydrazone groups is 1. The Morgan fingerprint density at radius 1 is 1.36 bits per heavy atom.